The zero-order chi connectivity index (χ0) is 11.5. The van der Waals surface area contributed by atoms with Crippen molar-refractivity contribution < 1.29 is 13.9 Å². The SMILES string of the molecule is COc1c(Br)ccc(F)c1C1CNCCO1. The summed E-state index contributed by atoms with van der Waals surface area (Å²) in [7, 11) is 1.53. The van der Waals surface area contributed by atoms with E-state index < -0.39 is 0 Å². The molecule has 16 heavy (non-hydrogen) atoms. The molecule has 1 N–H and O–H groups in total. The number of ether oxygens (including phenoxy) is 2. The first kappa shape index (κ1) is 11.8. The Kier molecular flexibility index (Phi) is 3.78. The van der Waals surface area contributed by atoms with Gasteiger partial charge in [0.25, 0.3) is 0 Å². The van der Waals surface area contributed by atoms with Crippen molar-refractivity contribution in [2.24, 2.45) is 0 Å². The molecule has 1 aliphatic rings. The largest absolute Gasteiger partial charge is 0.495 e. The van der Waals surface area contributed by atoms with Crippen LogP contribution >= 0.6 is 15.9 Å². The average molecular weight is 290 g/mol. The topological polar surface area (TPSA) is 30.5 Å². The number of rotatable bonds is 2. The Balaban J connectivity index is 2.40. The molecule has 1 atom stereocenters. The molecule has 0 aliphatic carbocycles. The van der Waals surface area contributed by atoms with Gasteiger partial charge in [-0.05, 0) is 28.1 Å². The van der Waals surface area contributed by atoms with Crippen molar-refractivity contribution in [3.05, 3.63) is 28.0 Å². The molecule has 0 radical (unpaired) electrons. The van der Waals surface area contributed by atoms with Gasteiger partial charge in [0.1, 0.15) is 17.7 Å². The number of nitrogens with one attached hydrogen (secondary N) is 1. The first-order valence-electron chi connectivity index (χ1n) is 5.08. The number of hydrogen-bond donors (Lipinski definition) is 1. The van der Waals surface area contributed by atoms with Crippen LogP contribution in [0, 0.1) is 5.82 Å². The Bertz CT molecular complexity index is 380. The maximum absolute atomic E-state index is 13.8. The second kappa shape index (κ2) is 5.12. The summed E-state index contributed by atoms with van der Waals surface area (Å²) in [6.07, 6.45) is -0.291. The predicted octanol–water partition coefficient (Wildman–Crippen LogP) is 2.26. The Labute approximate surface area is 102 Å². The molecule has 1 saturated heterocycles. The summed E-state index contributed by atoms with van der Waals surface area (Å²) in [6, 6.07) is 3.05. The van der Waals surface area contributed by atoms with Gasteiger partial charge in [0.05, 0.1) is 23.8 Å². The number of hydrogen-bond acceptors (Lipinski definition) is 3. The Morgan fingerprint density at radius 1 is 1.56 bits per heavy atom. The fourth-order valence-electron chi connectivity index (χ4n) is 1.81. The van der Waals surface area contributed by atoms with Gasteiger partial charge in [-0.25, -0.2) is 4.39 Å². The maximum atomic E-state index is 13.8. The van der Waals surface area contributed by atoms with Crippen LogP contribution in [0.4, 0.5) is 4.39 Å². The van der Waals surface area contributed by atoms with Crippen LogP contribution in [-0.4, -0.2) is 26.8 Å². The number of methoxy groups -OCH3 is 1. The molecular formula is C11H13BrFNO2. The van der Waals surface area contributed by atoms with Crippen LogP contribution in [0.5, 0.6) is 5.75 Å². The lowest BCUT2D eigenvalue weighted by atomic mass is 10.1. The molecule has 1 aliphatic heterocycles. The minimum Gasteiger partial charge on any atom is -0.495 e. The molecule has 0 bridgehead atoms. The highest BCUT2D eigenvalue weighted by Gasteiger charge is 2.24. The van der Waals surface area contributed by atoms with E-state index in [4.69, 9.17) is 9.47 Å². The van der Waals surface area contributed by atoms with Crippen molar-refractivity contribution in [3.8, 4) is 5.75 Å². The molecule has 0 aromatic heterocycles. The molecule has 1 heterocycles. The maximum Gasteiger partial charge on any atom is 0.141 e. The first-order valence-corrected chi connectivity index (χ1v) is 5.87. The molecule has 88 valence electrons. The molecule has 0 amide bonds. The third kappa shape index (κ3) is 2.21. The summed E-state index contributed by atoms with van der Waals surface area (Å²) in [5, 5.41) is 3.17. The van der Waals surface area contributed by atoms with Gasteiger partial charge in [0.2, 0.25) is 0 Å². The third-order valence-electron chi connectivity index (χ3n) is 2.55. The van der Waals surface area contributed by atoms with Gasteiger partial charge in [-0.2, -0.15) is 0 Å². The van der Waals surface area contributed by atoms with Crippen LogP contribution in [0.15, 0.2) is 16.6 Å². The van der Waals surface area contributed by atoms with E-state index in [1.54, 1.807) is 6.07 Å². The molecule has 0 spiro atoms. The quantitative estimate of drug-likeness (QED) is 0.906. The van der Waals surface area contributed by atoms with Gasteiger partial charge in [-0.3, -0.25) is 0 Å². The van der Waals surface area contributed by atoms with Crippen molar-refractivity contribution in [1.29, 1.82) is 0 Å². The smallest absolute Gasteiger partial charge is 0.141 e. The lowest BCUT2D eigenvalue weighted by Crippen LogP contribution is -2.34. The zero-order valence-corrected chi connectivity index (χ0v) is 10.5. The minimum atomic E-state index is -0.297. The number of benzene rings is 1. The van der Waals surface area contributed by atoms with Crippen LogP contribution in [0.25, 0.3) is 0 Å². The van der Waals surface area contributed by atoms with E-state index in [1.165, 1.54) is 13.2 Å². The zero-order valence-electron chi connectivity index (χ0n) is 8.93. The first-order chi connectivity index (χ1) is 7.74. The molecule has 1 aromatic carbocycles. The molecule has 2 rings (SSSR count). The van der Waals surface area contributed by atoms with Gasteiger partial charge >= 0.3 is 0 Å². The van der Waals surface area contributed by atoms with Crippen molar-refractivity contribution >= 4 is 15.9 Å². The Morgan fingerprint density at radius 2 is 2.38 bits per heavy atom. The second-order valence-corrected chi connectivity index (χ2v) is 4.39. The minimum absolute atomic E-state index is 0.291. The number of halogens is 2. The van der Waals surface area contributed by atoms with Crippen molar-refractivity contribution in [2.75, 3.05) is 26.8 Å². The Morgan fingerprint density at radius 3 is 3.00 bits per heavy atom. The van der Waals surface area contributed by atoms with E-state index in [0.717, 1.165) is 11.0 Å². The van der Waals surface area contributed by atoms with Crippen LogP contribution in [0.1, 0.15) is 11.7 Å². The van der Waals surface area contributed by atoms with Gasteiger partial charge < -0.3 is 14.8 Å². The highest BCUT2D eigenvalue weighted by molar-refractivity contribution is 9.10. The lowest BCUT2D eigenvalue weighted by Gasteiger charge is -2.26. The summed E-state index contributed by atoms with van der Waals surface area (Å²) in [4.78, 5) is 0. The van der Waals surface area contributed by atoms with Crippen molar-refractivity contribution in [3.63, 3.8) is 0 Å². The van der Waals surface area contributed by atoms with Gasteiger partial charge in [-0.15, -0.1) is 0 Å². The highest BCUT2D eigenvalue weighted by atomic mass is 79.9. The molecule has 5 heteroatoms. The van der Waals surface area contributed by atoms with Crippen LogP contribution in [0.3, 0.4) is 0 Å². The van der Waals surface area contributed by atoms with E-state index in [9.17, 15) is 4.39 Å². The molecule has 1 aromatic rings. The molecular weight excluding hydrogens is 277 g/mol. The Hall–Kier alpha value is -0.650. The second-order valence-electron chi connectivity index (χ2n) is 3.54. The lowest BCUT2D eigenvalue weighted by molar-refractivity contribution is 0.0239. The standard InChI is InChI=1S/C11H13BrFNO2/c1-15-11-7(12)2-3-8(13)10(11)9-6-14-4-5-16-9/h2-3,9,14H,4-6H2,1H3. The highest BCUT2D eigenvalue weighted by Crippen LogP contribution is 2.36. The van der Waals surface area contributed by atoms with Crippen LogP contribution in [-0.2, 0) is 4.74 Å². The van der Waals surface area contributed by atoms with E-state index >= 15 is 0 Å². The molecule has 0 saturated carbocycles. The van der Waals surface area contributed by atoms with E-state index in [2.05, 4.69) is 21.2 Å². The summed E-state index contributed by atoms with van der Waals surface area (Å²) < 4.78 is 25.3. The van der Waals surface area contributed by atoms with Gasteiger partial charge in [-0.1, -0.05) is 0 Å². The molecule has 1 unspecified atom stereocenters. The van der Waals surface area contributed by atoms with Crippen LogP contribution < -0.4 is 10.1 Å². The van der Waals surface area contributed by atoms with Gasteiger partial charge in [0.15, 0.2) is 0 Å². The molecule has 1 fully saturated rings. The normalized spacial score (nSPS) is 20.8. The summed E-state index contributed by atoms with van der Waals surface area (Å²) in [5.41, 5.74) is 0.476. The van der Waals surface area contributed by atoms with E-state index in [1.807, 2.05) is 0 Å². The average Bonchev–Trinajstić information content (AvgIpc) is 2.33. The number of morpholine rings is 1. The summed E-state index contributed by atoms with van der Waals surface area (Å²) in [6.45, 7) is 1.98. The van der Waals surface area contributed by atoms with E-state index in [-0.39, 0.29) is 11.9 Å². The van der Waals surface area contributed by atoms with Crippen molar-refractivity contribution in [2.45, 2.75) is 6.10 Å². The van der Waals surface area contributed by atoms with Gasteiger partial charge in [0, 0.05) is 13.1 Å². The fraction of sp³-hybridized carbons (Fsp3) is 0.455. The summed E-state index contributed by atoms with van der Waals surface area (Å²) >= 11 is 3.34. The predicted molar refractivity (Wildman–Crippen MR) is 62.2 cm³/mol. The molecule has 3 nitrogen and oxygen atoms in total. The summed E-state index contributed by atoms with van der Waals surface area (Å²) in [5.74, 6) is 0.211. The monoisotopic (exact) mass is 289 g/mol. The van der Waals surface area contributed by atoms with Crippen molar-refractivity contribution in [1.82, 2.24) is 5.32 Å². The van der Waals surface area contributed by atoms with Crippen LogP contribution in [0.2, 0.25) is 0 Å². The third-order valence-corrected chi connectivity index (χ3v) is 3.17. The fourth-order valence-corrected chi connectivity index (χ4v) is 2.31. The van der Waals surface area contributed by atoms with E-state index in [0.29, 0.717) is 24.5 Å².